The van der Waals surface area contributed by atoms with Crippen molar-refractivity contribution in [1.82, 2.24) is 5.06 Å². The minimum atomic E-state index is -3.53. The van der Waals surface area contributed by atoms with E-state index in [1.165, 1.54) is 12.0 Å². The number of nitrogens with zero attached hydrogens (tertiary/aromatic N) is 1. The molecule has 3 rings (SSSR count). The predicted molar refractivity (Wildman–Crippen MR) is 119 cm³/mol. The summed E-state index contributed by atoms with van der Waals surface area (Å²) >= 11 is 0. The summed E-state index contributed by atoms with van der Waals surface area (Å²) in [6.07, 6.45) is 0.311. The number of benzene rings is 2. The lowest BCUT2D eigenvalue weighted by Gasteiger charge is -2.29. The summed E-state index contributed by atoms with van der Waals surface area (Å²) in [6, 6.07) is 15.0. The lowest BCUT2D eigenvalue weighted by molar-refractivity contribution is -0.189. The number of carbonyl (C=O) groups excluding carboxylic acids is 1. The lowest BCUT2D eigenvalue weighted by atomic mass is 10.1. The van der Waals surface area contributed by atoms with Gasteiger partial charge >= 0.3 is 7.60 Å². The van der Waals surface area contributed by atoms with E-state index in [1.807, 2.05) is 36.4 Å². The fourth-order valence-electron chi connectivity index (χ4n) is 3.48. The SMILES string of the molecule is CCOP(=O)(OCC)C(CCN(OCc1ccccc1)C(C)=O)c1ccc2c(c1)OCO2. The Morgan fingerprint density at radius 1 is 1.06 bits per heavy atom. The molecule has 174 valence electrons. The van der Waals surface area contributed by atoms with Crippen molar-refractivity contribution in [2.45, 2.75) is 39.5 Å². The molecule has 0 bridgehead atoms. The van der Waals surface area contributed by atoms with E-state index in [0.29, 0.717) is 17.9 Å². The molecule has 0 saturated heterocycles. The van der Waals surface area contributed by atoms with Crippen LogP contribution in [0.25, 0.3) is 0 Å². The van der Waals surface area contributed by atoms with Crippen molar-refractivity contribution in [3.63, 3.8) is 0 Å². The van der Waals surface area contributed by atoms with E-state index in [9.17, 15) is 9.36 Å². The molecule has 0 aliphatic carbocycles. The Morgan fingerprint density at radius 2 is 1.75 bits per heavy atom. The normalized spacial score (nSPS) is 13.7. The van der Waals surface area contributed by atoms with Gasteiger partial charge < -0.3 is 18.5 Å². The molecule has 0 fully saturated rings. The molecule has 0 aromatic heterocycles. The van der Waals surface area contributed by atoms with Crippen LogP contribution in [-0.2, 0) is 29.9 Å². The zero-order valence-electron chi connectivity index (χ0n) is 18.7. The Balaban J connectivity index is 1.80. The first-order chi connectivity index (χ1) is 15.5. The molecule has 2 aromatic rings. The van der Waals surface area contributed by atoms with Crippen LogP contribution in [0.2, 0.25) is 0 Å². The Bertz CT molecular complexity index is 927. The zero-order chi connectivity index (χ0) is 23.0. The van der Waals surface area contributed by atoms with E-state index in [1.54, 1.807) is 26.0 Å². The van der Waals surface area contributed by atoms with E-state index < -0.39 is 13.3 Å². The minimum absolute atomic E-state index is 0.142. The van der Waals surface area contributed by atoms with Crippen molar-refractivity contribution >= 4 is 13.5 Å². The molecular weight excluding hydrogens is 433 g/mol. The van der Waals surface area contributed by atoms with Crippen molar-refractivity contribution in [2.24, 2.45) is 0 Å². The molecule has 1 amide bonds. The van der Waals surface area contributed by atoms with Gasteiger partial charge in [0, 0.05) is 13.5 Å². The van der Waals surface area contributed by atoms with E-state index >= 15 is 0 Å². The highest BCUT2D eigenvalue weighted by molar-refractivity contribution is 7.54. The first-order valence-electron chi connectivity index (χ1n) is 10.7. The average Bonchev–Trinajstić information content (AvgIpc) is 3.25. The number of amides is 1. The number of carbonyl (C=O) groups is 1. The number of hydrogen-bond acceptors (Lipinski definition) is 7. The maximum absolute atomic E-state index is 13.7. The summed E-state index contributed by atoms with van der Waals surface area (Å²) in [7, 11) is -3.53. The van der Waals surface area contributed by atoms with Crippen LogP contribution in [0.3, 0.4) is 0 Å². The van der Waals surface area contributed by atoms with Gasteiger partial charge in [0.1, 0.15) is 6.61 Å². The smallest absolute Gasteiger partial charge is 0.338 e. The number of ether oxygens (including phenoxy) is 2. The second-order valence-electron chi connectivity index (χ2n) is 7.17. The monoisotopic (exact) mass is 463 g/mol. The number of rotatable bonds is 12. The molecule has 0 saturated carbocycles. The van der Waals surface area contributed by atoms with Crippen LogP contribution in [-0.4, -0.2) is 37.5 Å². The maximum atomic E-state index is 13.7. The van der Waals surface area contributed by atoms with Gasteiger partial charge in [-0.25, -0.2) is 5.06 Å². The van der Waals surface area contributed by atoms with E-state index in [2.05, 4.69) is 0 Å². The van der Waals surface area contributed by atoms with Crippen molar-refractivity contribution in [3.8, 4) is 11.5 Å². The fraction of sp³-hybridized carbons (Fsp3) is 0.435. The Morgan fingerprint density at radius 3 is 2.41 bits per heavy atom. The molecule has 1 heterocycles. The molecule has 0 N–H and O–H groups in total. The average molecular weight is 463 g/mol. The summed E-state index contributed by atoms with van der Waals surface area (Å²) < 4.78 is 35.9. The van der Waals surface area contributed by atoms with Crippen LogP contribution in [0.4, 0.5) is 0 Å². The van der Waals surface area contributed by atoms with Crippen LogP contribution in [0.1, 0.15) is 44.0 Å². The molecule has 2 aromatic carbocycles. The molecule has 32 heavy (non-hydrogen) atoms. The molecule has 0 radical (unpaired) electrons. The van der Waals surface area contributed by atoms with Gasteiger partial charge in [-0.05, 0) is 43.5 Å². The van der Waals surface area contributed by atoms with Crippen LogP contribution in [0, 0.1) is 0 Å². The van der Waals surface area contributed by atoms with Crippen molar-refractivity contribution in [3.05, 3.63) is 59.7 Å². The van der Waals surface area contributed by atoms with Gasteiger partial charge in [-0.2, -0.15) is 0 Å². The highest BCUT2D eigenvalue weighted by Crippen LogP contribution is 2.63. The van der Waals surface area contributed by atoms with Crippen LogP contribution >= 0.6 is 7.60 Å². The second kappa shape index (κ2) is 11.5. The van der Waals surface area contributed by atoms with Gasteiger partial charge in [0.2, 0.25) is 12.7 Å². The van der Waals surface area contributed by atoms with Gasteiger partial charge in [-0.3, -0.25) is 14.2 Å². The van der Waals surface area contributed by atoms with Crippen molar-refractivity contribution < 1.29 is 32.7 Å². The number of hydrogen-bond donors (Lipinski definition) is 0. The summed E-state index contributed by atoms with van der Waals surface area (Å²) in [5.74, 6) is 0.968. The summed E-state index contributed by atoms with van der Waals surface area (Å²) in [5, 5.41) is 1.29. The molecule has 1 unspecified atom stereocenters. The van der Waals surface area contributed by atoms with Crippen molar-refractivity contribution in [2.75, 3.05) is 26.6 Å². The molecule has 9 heteroatoms. The van der Waals surface area contributed by atoms with Gasteiger partial charge in [-0.15, -0.1) is 0 Å². The molecular formula is C23H30NO7P. The third-order valence-electron chi connectivity index (χ3n) is 4.97. The van der Waals surface area contributed by atoms with Gasteiger partial charge in [-0.1, -0.05) is 36.4 Å². The van der Waals surface area contributed by atoms with Crippen LogP contribution < -0.4 is 9.47 Å². The zero-order valence-corrected chi connectivity index (χ0v) is 19.6. The lowest BCUT2D eigenvalue weighted by Crippen LogP contribution is -2.31. The summed E-state index contributed by atoms with van der Waals surface area (Å²) in [4.78, 5) is 18.0. The third-order valence-corrected chi connectivity index (χ3v) is 7.52. The molecule has 0 spiro atoms. The van der Waals surface area contributed by atoms with Gasteiger partial charge in [0.05, 0.1) is 18.9 Å². The predicted octanol–water partition coefficient (Wildman–Crippen LogP) is 5.09. The Labute approximate surface area is 188 Å². The standard InChI is InChI=1S/C23H30NO7P/c1-4-30-32(26,31-5-2)23(20-11-12-21-22(15-20)28-17-27-21)13-14-24(18(3)25)29-16-19-9-7-6-8-10-19/h6-12,15,23H,4-5,13-14,16-17H2,1-3H3. The summed E-state index contributed by atoms with van der Waals surface area (Å²) in [5.41, 5.74) is 1.06. The highest BCUT2D eigenvalue weighted by atomic mass is 31.2. The summed E-state index contributed by atoms with van der Waals surface area (Å²) in [6.45, 7) is 6.06. The number of hydroxylamine groups is 2. The Kier molecular flexibility index (Phi) is 8.70. The fourth-order valence-corrected chi connectivity index (χ4v) is 5.60. The van der Waals surface area contributed by atoms with Crippen molar-refractivity contribution in [1.29, 1.82) is 0 Å². The largest absolute Gasteiger partial charge is 0.454 e. The van der Waals surface area contributed by atoms with Gasteiger partial charge in [0.15, 0.2) is 11.5 Å². The first-order valence-corrected chi connectivity index (χ1v) is 12.3. The van der Waals surface area contributed by atoms with E-state index in [0.717, 1.165) is 11.1 Å². The molecule has 1 atom stereocenters. The second-order valence-corrected chi connectivity index (χ2v) is 9.39. The van der Waals surface area contributed by atoms with Gasteiger partial charge in [0.25, 0.3) is 0 Å². The topological polar surface area (TPSA) is 83.5 Å². The highest BCUT2D eigenvalue weighted by Gasteiger charge is 2.38. The molecule has 1 aliphatic heterocycles. The quantitative estimate of drug-likeness (QED) is 0.320. The third kappa shape index (κ3) is 6.11. The van der Waals surface area contributed by atoms with Crippen LogP contribution in [0.15, 0.2) is 48.5 Å². The molecule has 1 aliphatic rings. The number of fused-ring (bicyclic) bond motifs is 1. The van der Waals surface area contributed by atoms with Crippen LogP contribution in [0.5, 0.6) is 11.5 Å². The first kappa shape index (κ1) is 24.3. The maximum Gasteiger partial charge on any atom is 0.338 e. The van der Waals surface area contributed by atoms with E-state index in [4.69, 9.17) is 23.4 Å². The Hall–Kier alpha value is -2.38. The van der Waals surface area contributed by atoms with E-state index in [-0.39, 0.29) is 39.1 Å². The molecule has 8 nitrogen and oxygen atoms in total. The minimum Gasteiger partial charge on any atom is -0.454 e.